The Morgan fingerprint density at radius 2 is 2.28 bits per heavy atom. The second-order valence-electron chi connectivity index (χ2n) is 4.83. The summed E-state index contributed by atoms with van der Waals surface area (Å²) in [7, 11) is 0. The van der Waals surface area contributed by atoms with Gasteiger partial charge in [0.15, 0.2) is 0 Å². The van der Waals surface area contributed by atoms with Gasteiger partial charge in [-0.3, -0.25) is 9.78 Å². The van der Waals surface area contributed by atoms with Gasteiger partial charge in [-0.2, -0.15) is 0 Å². The number of amides is 1. The predicted octanol–water partition coefficient (Wildman–Crippen LogP) is 1.39. The van der Waals surface area contributed by atoms with Crippen LogP contribution in [0.15, 0.2) is 24.5 Å². The Balaban J connectivity index is 0.00000120. The van der Waals surface area contributed by atoms with Gasteiger partial charge >= 0.3 is 0 Å². The first-order chi connectivity index (χ1) is 8.36. The lowest BCUT2D eigenvalue weighted by atomic mass is 10.00. The van der Waals surface area contributed by atoms with Crippen molar-refractivity contribution in [1.82, 2.24) is 15.2 Å². The molecule has 2 aliphatic rings. The minimum absolute atomic E-state index is 0. The minimum atomic E-state index is 0. The van der Waals surface area contributed by atoms with Gasteiger partial charge in [0.05, 0.1) is 12.0 Å². The molecule has 4 nitrogen and oxygen atoms in total. The van der Waals surface area contributed by atoms with Crippen molar-refractivity contribution >= 4 is 18.3 Å². The number of pyridine rings is 1. The molecule has 1 N–H and O–H groups in total. The molecular formula is C13H18ClN3O. The zero-order valence-electron chi connectivity index (χ0n) is 10.2. The smallest absolute Gasteiger partial charge is 0.228 e. The molecule has 0 saturated carbocycles. The monoisotopic (exact) mass is 267 g/mol. The number of nitrogens with zero attached hydrogens (tertiary/aromatic N) is 2. The van der Waals surface area contributed by atoms with Gasteiger partial charge < -0.3 is 10.2 Å². The Morgan fingerprint density at radius 3 is 2.89 bits per heavy atom. The first kappa shape index (κ1) is 13.3. The summed E-state index contributed by atoms with van der Waals surface area (Å²) in [6.07, 6.45) is 5.83. The maximum atomic E-state index is 12.3. The van der Waals surface area contributed by atoms with Crippen molar-refractivity contribution in [2.24, 2.45) is 5.92 Å². The Morgan fingerprint density at radius 1 is 1.44 bits per heavy atom. The fourth-order valence-corrected chi connectivity index (χ4v) is 2.65. The number of carbonyl (C=O) groups excluding carboxylic acids is 1. The number of hydrogen-bond acceptors (Lipinski definition) is 3. The van der Waals surface area contributed by atoms with Gasteiger partial charge in [0.25, 0.3) is 0 Å². The molecule has 1 aromatic rings. The van der Waals surface area contributed by atoms with Crippen LogP contribution in [0.2, 0.25) is 0 Å². The molecule has 98 valence electrons. The molecule has 0 aliphatic carbocycles. The third-order valence-corrected chi connectivity index (χ3v) is 3.74. The number of carbonyl (C=O) groups is 1. The zero-order valence-corrected chi connectivity index (χ0v) is 11.0. The highest BCUT2D eigenvalue weighted by molar-refractivity contribution is 5.85. The molecule has 2 saturated heterocycles. The van der Waals surface area contributed by atoms with E-state index in [4.69, 9.17) is 0 Å². The van der Waals surface area contributed by atoms with E-state index in [-0.39, 0.29) is 24.4 Å². The van der Waals surface area contributed by atoms with E-state index in [1.807, 2.05) is 17.2 Å². The molecule has 0 radical (unpaired) electrons. The van der Waals surface area contributed by atoms with Crippen molar-refractivity contribution in [3.8, 4) is 0 Å². The number of nitrogens with one attached hydrogen (secondary N) is 1. The highest BCUT2D eigenvalue weighted by Crippen LogP contribution is 2.32. The summed E-state index contributed by atoms with van der Waals surface area (Å²) in [6, 6.07) is 4.26. The Labute approximate surface area is 113 Å². The van der Waals surface area contributed by atoms with Crippen LogP contribution in [0.5, 0.6) is 0 Å². The van der Waals surface area contributed by atoms with Gasteiger partial charge in [0, 0.05) is 32.0 Å². The molecule has 3 heterocycles. The number of rotatable bonds is 2. The molecule has 18 heavy (non-hydrogen) atoms. The molecule has 2 aliphatic heterocycles. The Hall–Kier alpha value is -1.13. The molecule has 3 rings (SSSR count). The fraction of sp³-hybridized carbons (Fsp3) is 0.538. The summed E-state index contributed by atoms with van der Waals surface area (Å²) in [5, 5.41) is 3.16. The normalized spacial score (nSPS) is 23.3. The number of aromatic nitrogens is 1. The van der Waals surface area contributed by atoms with Crippen molar-refractivity contribution in [3.63, 3.8) is 0 Å². The van der Waals surface area contributed by atoms with Gasteiger partial charge in [-0.1, -0.05) is 6.07 Å². The van der Waals surface area contributed by atoms with Crippen molar-refractivity contribution in [1.29, 1.82) is 0 Å². The lowest BCUT2D eigenvalue weighted by Gasteiger charge is -2.33. The van der Waals surface area contributed by atoms with Crippen LogP contribution in [0.4, 0.5) is 0 Å². The number of halogens is 1. The van der Waals surface area contributed by atoms with Gasteiger partial charge in [-0.15, -0.1) is 12.4 Å². The first-order valence-electron chi connectivity index (χ1n) is 6.27. The van der Waals surface area contributed by atoms with Gasteiger partial charge in [0.2, 0.25) is 5.91 Å². The van der Waals surface area contributed by atoms with Crippen LogP contribution in [0.1, 0.15) is 24.4 Å². The molecule has 2 fully saturated rings. The molecule has 1 aromatic heterocycles. The molecule has 5 heteroatoms. The van der Waals surface area contributed by atoms with Gasteiger partial charge in [-0.25, -0.2) is 0 Å². The van der Waals surface area contributed by atoms with Gasteiger partial charge in [0.1, 0.15) is 0 Å². The largest absolute Gasteiger partial charge is 0.335 e. The van der Waals surface area contributed by atoms with Crippen LogP contribution >= 0.6 is 12.4 Å². The van der Waals surface area contributed by atoms with E-state index < -0.39 is 0 Å². The lowest BCUT2D eigenvalue weighted by molar-refractivity contribution is -0.138. The molecule has 1 amide bonds. The van der Waals surface area contributed by atoms with E-state index in [2.05, 4.69) is 16.4 Å². The summed E-state index contributed by atoms with van der Waals surface area (Å²) < 4.78 is 0. The number of hydrogen-bond donors (Lipinski definition) is 1. The zero-order chi connectivity index (χ0) is 11.7. The summed E-state index contributed by atoms with van der Waals surface area (Å²) in [6.45, 7) is 2.58. The van der Waals surface area contributed by atoms with Crippen molar-refractivity contribution in [2.75, 3.05) is 19.6 Å². The molecule has 0 bridgehead atoms. The van der Waals surface area contributed by atoms with E-state index >= 15 is 0 Å². The SMILES string of the molecule is Cl.O=C(C1CNC1)N1CCCC1c1cccnc1. The van der Waals surface area contributed by atoms with E-state index in [1.165, 1.54) is 5.56 Å². The maximum absolute atomic E-state index is 12.3. The van der Waals surface area contributed by atoms with Crippen LogP contribution in [-0.4, -0.2) is 35.4 Å². The Kier molecular flexibility index (Phi) is 4.19. The Bertz CT molecular complexity index is 408. The molecule has 1 unspecified atom stereocenters. The highest BCUT2D eigenvalue weighted by atomic mass is 35.5. The standard InChI is InChI=1S/C13H17N3O.ClH/c17-13(11-8-15-9-11)16-6-2-4-12(16)10-3-1-5-14-7-10;/h1,3,5,7,11-12,15H,2,4,6,8-9H2;1H. The van der Waals surface area contributed by atoms with Crippen LogP contribution in [0, 0.1) is 5.92 Å². The number of likely N-dealkylation sites (tertiary alicyclic amines) is 1. The van der Waals surface area contributed by atoms with E-state index in [1.54, 1.807) is 6.20 Å². The van der Waals surface area contributed by atoms with Crippen molar-refractivity contribution in [2.45, 2.75) is 18.9 Å². The maximum Gasteiger partial charge on any atom is 0.228 e. The summed E-state index contributed by atoms with van der Waals surface area (Å²) >= 11 is 0. The van der Waals surface area contributed by atoms with E-state index in [9.17, 15) is 4.79 Å². The summed E-state index contributed by atoms with van der Waals surface area (Å²) in [4.78, 5) is 18.5. The van der Waals surface area contributed by atoms with Crippen LogP contribution in [0.3, 0.4) is 0 Å². The van der Waals surface area contributed by atoms with Crippen LogP contribution < -0.4 is 5.32 Å². The molecule has 1 atom stereocenters. The van der Waals surface area contributed by atoms with Crippen LogP contribution in [0.25, 0.3) is 0 Å². The molecule has 0 aromatic carbocycles. The molecule has 0 spiro atoms. The average molecular weight is 268 g/mol. The molecular weight excluding hydrogens is 250 g/mol. The highest BCUT2D eigenvalue weighted by Gasteiger charge is 2.36. The predicted molar refractivity (Wildman–Crippen MR) is 71.5 cm³/mol. The first-order valence-corrected chi connectivity index (χ1v) is 6.27. The minimum Gasteiger partial charge on any atom is -0.335 e. The van der Waals surface area contributed by atoms with Crippen molar-refractivity contribution in [3.05, 3.63) is 30.1 Å². The topological polar surface area (TPSA) is 45.2 Å². The summed E-state index contributed by atoms with van der Waals surface area (Å²) in [5.74, 6) is 0.516. The quantitative estimate of drug-likeness (QED) is 0.881. The van der Waals surface area contributed by atoms with E-state index in [0.29, 0.717) is 5.91 Å². The summed E-state index contributed by atoms with van der Waals surface area (Å²) in [5.41, 5.74) is 1.17. The van der Waals surface area contributed by atoms with Gasteiger partial charge in [-0.05, 0) is 24.5 Å². The third-order valence-electron chi connectivity index (χ3n) is 3.74. The second kappa shape index (κ2) is 5.67. The van der Waals surface area contributed by atoms with Crippen LogP contribution in [-0.2, 0) is 4.79 Å². The lowest BCUT2D eigenvalue weighted by Crippen LogP contribution is -2.51. The second-order valence-corrected chi connectivity index (χ2v) is 4.83. The fourth-order valence-electron chi connectivity index (χ4n) is 2.65. The third kappa shape index (κ3) is 2.35. The van der Waals surface area contributed by atoms with Crippen molar-refractivity contribution < 1.29 is 4.79 Å². The average Bonchev–Trinajstić information content (AvgIpc) is 2.76. The van der Waals surface area contributed by atoms with E-state index in [0.717, 1.165) is 32.5 Å².